The van der Waals surface area contributed by atoms with Crippen LogP contribution in [-0.2, 0) is 48.5 Å². The quantitative estimate of drug-likeness (QED) is 0.239. The SMILES string of the molecule is CC(C)(C)c1cc(CO[PH](=O)OCc2cc(C(C)(C)C)c(O)c(C(C)(C)C)c2)cc(C(C)(C)C)c1O.CCCC.[CaH2]. The molecule has 2 aromatic carbocycles. The minimum atomic E-state index is -2.77. The molecule has 0 bridgehead atoms. The van der Waals surface area contributed by atoms with Crippen LogP contribution in [0, 0.1) is 0 Å². The van der Waals surface area contributed by atoms with Crippen LogP contribution >= 0.6 is 8.25 Å². The Morgan fingerprint density at radius 1 is 0.561 bits per heavy atom. The summed E-state index contributed by atoms with van der Waals surface area (Å²) in [6.07, 6.45) is 2.64. The molecule has 0 aromatic heterocycles. The van der Waals surface area contributed by atoms with Crippen molar-refractivity contribution in [2.75, 3.05) is 0 Å². The number of rotatable bonds is 7. The molecule has 232 valence electrons. The summed E-state index contributed by atoms with van der Waals surface area (Å²) in [5.41, 5.74) is 4.02. The normalized spacial score (nSPS) is 12.6. The van der Waals surface area contributed by atoms with Crippen LogP contribution in [0.4, 0.5) is 0 Å². The predicted molar refractivity (Wildman–Crippen MR) is 179 cm³/mol. The van der Waals surface area contributed by atoms with Crippen molar-refractivity contribution in [3.63, 3.8) is 0 Å². The number of hydrogen-bond donors (Lipinski definition) is 2. The van der Waals surface area contributed by atoms with Crippen molar-refractivity contribution in [3.05, 3.63) is 57.6 Å². The zero-order chi connectivity index (χ0) is 31.3. The minimum absolute atomic E-state index is 0. The summed E-state index contributed by atoms with van der Waals surface area (Å²) in [6, 6.07) is 7.69. The summed E-state index contributed by atoms with van der Waals surface area (Å²) in [5.74, 6) is 0.610. The summed E-state index contributed by atoms with van der Waals surface area (Å²) in [5, 5.41) is 21.8. The first kappa shape index (κ1) is 40.4. The van der Waals surface area contributed by atoms with Crippen LogP contribution in [0.5, 0.6) is 11.5 Å². The van der Waals surface area contributed by atoms with Gasteiger partial charge in [-0.3, -0.25) is 4.57 Å². The number of aromatic hydroxyl groups is 2. The number of phenols is 2. The van der Waals surface area contributed by atoms with Crippen LogP contribution in [0.15, 0.2) is 24.3 Å². The molecule has 0 fully saturated rings. The van der Waals surface area contributed by atoms with Gasteiger partial charge in [-0.25, -0.2) is 0 Å². The van der Waals surface area contributed by atoms with E-state index >= 15 is 0 Å². The Balaban J connectivity index is 0.00000299. The zero-order valence-corrected chi connectivity index (χ0v) is 28.8. The molecule has 0 radical (unpaired) electrons. The third kappa shape index (κ3) is 12.5. The van der Waals surface area contributed by atoms with Gasteiger partial charge in [0.25, 0.3) is 0 Å². The van der Waals surface area contributed by atoms with E-state index in [-0.39, 0.29) is 72.6 Å². The van der Waals surface area contributed by atoms with Crippen molar-refractivity contribution in [2.24, 2.45) is 0 Å². The second kappa shape index (κ2) is 16.0. The van der Waals surface area contributed by atoms with E-state index in [0.717, 1.165) is 33.4 Å². The molecule has 0 aliphatic carbocycles. The van der Waals surface area contributed by atoms with Crippen molar-refractivity contribution in [1.82, 2.24) is 0 Å². The van der Waals surface area contributed by atoms with Gasteiger partial charge in [-0.05, 0) is 79.3 Å². The van der Waals surface area contributed by atoms with Crippen LogP contribution in [0.25, 0.3) is 0 Å². The molecule has 7 heteroatoms. The summed E-state index contributed by atoms with van der Waals surface area (Å²) < 4.78 is 24.0. The van der Waals surface area contributed by atoms with Crippen LogP contribution in [0.1, 0.15) is 143 Å². The average molecular weight is 619 g/mol. The average Bonchev–Trinajstić information content (AvgIpc) is 2.79. The van der Waals surface area contributed by atoms with E-state index in [9.17, 15) is 14.8 Å². The van der Waals surface area contributed by atoms with Gasteiger partial charge in [0.05, 0.1) is 13.2 Å². The zero-order valence-electron chi connectivity index (χ0n) is 27.8. The number of hydrogen-bond acceptors (Lipinski definition) is 5. The second-order valence-electron chi connectivity index (χ2n) is 14.9. The molecule has 0 aliphatic rings. The Bertz CT molecular complexity index is 986. The fraction of sp³-hybridized carbons (Fsp3) is 0.647. The second-order valence-corrected chi connectivity index (χ2v) is 16.0. The van der Waals surface area contributed by atoms with Crippen molar-refractivity contribution >= 4 is 46.0 Å². The fourth-order valence-electron chi connectivity index (χ4n) is 4.17. The molecule has 0 spiro atoms. The van der Waals surface area contributed by atoms with E-state index in [1.165, 1.54) is 12.8 Å². The van der Waals surface area contributed by atoms with Crippen molar-refractivity contribution < 1.29 is 23.8 Å². The molecule has 0 amide bonds. The third-order valence-corrected chi connectivity index (χ3v) is 7.54. The molecule has 0 unspecified atom stereocenters. The molecule has 0 atom stereocenters. The first-order valence-corrected chi connectivity index (χ1v) is 15.8. The van der Waals surface area contributed by atoms with Gasteiger partial charge in [0.1, 0.15) is 11.5 Å². The predicted octanol–water partition coefficient (Wildman–Crippen LogP) is 9.30. The monoisotopic (exact) mass is 618 g/mol. The van der Waals surface area contributed by atoms with Gasteiger partial charge in [-0.2, -0.15) is 0 Å². The van der Waals surface area contributed by atoms with E-state index in [1.807, 2.05) is 24.3 Å². The Labute approximate surface area is 281 Å². The fourth-order valence-corrected chi connectivity index (χ4v) is 4.82. The van der Waals surface area contributed by atoms with Crippen molar-refractivity contribution in [1.29, 1.82) is 0 Å². The van der Waals surface area contributed by atoms with Crippen molar-refractivity contribution in [2.45, 2.75) is 145 Å². The molecule has 2 aromatic rings. The number of unbranched alkanes of at least 4 members (excludes halogenated alkanes) is 1. The Hall–Kier alpha value is -0.550. The molecule has 0 heterocycles. The van der Waals surface area contributed by atoms with Gasteiger partial charge in [-0.15, -0.1) is 0 Å². The van der Waals surface area contributed by atoms with E-state index < -0.39 is 8.25 Å². The van der Waals surface area contributed by atoms with Gasteiger partial charge in [-0.1, -0.05) is 110 Å². The molecule has 5 nitrogen and oxygen atoms in total. The molecule has 2 N–H and O–H groups in total. The number of benzene rings is 2. The topological polar surface area (TPSA) is 76.0 Å². The molecule has 0 saturated carbocycles. The molecule has 41 heavy (non-hydrogen) atoms. The van der Waals surface area contributed by atoms with Gasteiger partial charge >= 0.3 is 46.0 Å². The van der Waals surface area contributed by atoms with Gasteiger partial charge in [0.2, 0.25) is 0 Å². The van der Waals surface area contributed by atoms with E-state index in [2.05, 4.69) is 96.9 Å². The van der Waals surface area contributed by atoms with Crippen LogP contribution in [-0.4, -0.2) is 48.0 Å². The van der Waals surface area contributed by atoms with E-state index in [4.69, 9.17) is 9.05 Å². The van der Waals surface area contributed by atoms with Gasteiger partial charge < -0.3 is 19.3 Å². The summed E-state index contributed by atoms with van der Waals surface area (Å²) in [4.78, 5) is 0. The Morgan fingerprint density at radius 2 is 0.780 bits per heavy atom. The maximum absolute atomic E-state index is 12.7. The molecule has 0 aliphatic heterocycles. The van der Waals surface area contributed by atoms with E-state index in [1.54, 1.807) is 0 Å². The van der Waals surface area contributed by atoms with Crippen LogP contribution < -0.4 is 0 Å². The maximum atomic E-state index is 12.7. The summed E-state index contributed by atoms with van der Waals surface area (Å²) >= 11 is 0. The first-order chi connectivity index (χ1) is 18.0. The van der Waals surface area contributed by atoms with Crippen molar-refractivity contribution in [3.8, 4) is 11.5 Å². The van der Waals surface area contributed by atoms with Crippen LogP contribution in [0.2, 0.25) is 0 Å². The molecular weight excluding hydrogens is 559 g/mol. The molecular formula is C34H59CaO5P. The number of phenolic OH excluding ortho intramolecular Hbond substituents is 2. The first-order valence-electron chi connectivity index (χ1n) is 14.6. The van der Waals surface area contributed by atoms with Crippen LogP contribution in [0.3, 0.4) is 0 Å². The van der Waals surface area contributed by atoms with Gasteiger partial charge in [0, 0.05) is 0 Å². The third-order valence-electron chi connectivity index (χ3n) is 6.78. The summed E-state index contributed by atoms with van der Waals surface area (Å²) in [7, 11) is -2.77. The summed E-state index contributed by atoms with van der Waals surface area (Å²) in [6.45, 7) is 29.3. The standard InChI is InChI=1S/C30H47O5P.C4H10.Ca.2H/c1-27(2,3)21-13-19(14-22(25(21)31)28(4,5)6)17-34-36(33)35-18-20-15-23(29(7,8)9)26(32)24(16-20)30(10,11)12;1-3-4-2;;;/h13-16,31-32,36H,17-18H2,1-12H3;3-4H2,1-2H3;;;. The van der Waals surface area contributed by atoms with Gasteiger partial charge in [0.15, 0.2) is 0 Å². The molecule has 0 saturated heterocycles. The Morgan fingerprint density at radius 3 is 0.951 bits per heavy atom. The Kier molecular flexibility index (Phi) is 15.7. The molecule has 2 rings (SSSR count). The van der Waals surface area contributed by atoms with E-state index in [0.29, 0.717) is 11.5 Å².